The number of nitrogens with zero attached hydrogens (tertiary/aromatic N) is 2. The first-order chi connectivity index (χ1) is 8.63. The molecule has 4 nitrogen and oxygen atoms in total. The van der Waals surface area contributed by atoms with Crippen molar-refractivity contribution in [1.82, 2.24) is 9.78 Å². The van der Waals surface area contributed by atoms with E-state index in [1.807, 2.05) is 13.8 Å². The molecule has 1 aromatic rings. The molecule has 0 aliphatic rings. The van der Waals surface area contributed by atoms with Crippen molar-refractivity contribution in [1.29, 1.82) is 5.41 Å². The highest BCUT2D eigenvalue weighted by Crippen LogP contribution is 2.28. The maximum Gasteiger partial charge on any atom is 0.419 e. The molecule has 0 saturated heterocycles. The Morgan fingerprint density at radius 3 is 2.47 bits per heavy atom. The minimum atomic E-state index is -4.34. The summed E-state index contributed by atoms with van der Waals surface area (Å²) in [6.07, 6.45) is -0.274. The second-order valence-corrected chi connectivity index (χ2v) is 5.24. The van der Waals surface area contributed by atoms with Gasteiger partial charge in [0.25, 0.3) is 0 Å². The molecule has 0 unspecified atom stereocenters. The number of hydrogen-bond acceptors (Lipinski definition) is 2. The third-order valence-corrected chi connectivity index (χ3v) is 3.13. The van der Waals surface area contributed by atoms with Crippen LogP contribution >= 0.6 is 0 Å². The molecule has 1 heterocycles. The third-order valence-electron chi connectivity index (χ3n) is 3.13. The molecule has 0 atom stereocenters. The van der Waals surface area contributed by atoms with E-state index in [1.165, 1.54) is 4.68 Å². The molecular formula is C12H19F3N4. The maximum absolute atomic E-state index is 12.3. The molecule has 3 N–H and O–H groups in total. The van der Waals surface area contributed by atoms with Crippen molar-refractivity contribution in [2.75, 3.05) is 0 Å². The number of rotatable bonds is 6. The molecule has 0 radical (unpaired) electrons. The van der Waals surface area contributed by atoms with E-state index in [0.717, 1.165) is 25.2 Å². The number of aryl methyl sites for hydroxylation is 1. The molecule has 0 aromatic carbocycles. The largest absolute Gasteiger partial charge is 0.419 e. The molecule has 7 heteroatoms. The molecule has 1 rings (SSSR count). The zero-order chi connectivity index (χ0) is 14.7. The highest BCUT2D eigenvalue weighted by molar-refractivity contribution is 5.82. The van der Waals surface area contributed by atoms with Gasteiger partial charge in [-0.3, -0.25) is 10.1 Å². The van der Waals surface area contributed by atoms with Crippen molar-refractivity contribution in [3.63, 3.8) is 0 Å². The fourth-order valence-corrected chi connectivity index (χ4v) is 1.61. The van der Waals surface area contributed by atoms with E-state index in [1.54, 1.807) is 0 Å². The molecule has 108 valence electrons. The number of nitrogens with two attached hydrogens (primary N) is 1. The Kier molecular flexibility index (Phi) is 4.60. The lowest BCUT2D eigenvalue weighted by Gasteiger charge is -2.22. The van der Waals surface area contributed by atoms with Gasteiger partial charge in [0.15, 0.2) is 0 Å². The quantitative estimate of drug-likeness (QED) is 0.476. The van der Waals surface area contributed by atoms with Gasteiger partial charge in [0.05, 0.1) is 17.6 Å². The summed E-state index contributed by atoms with van der Waals surface area (Å²) in [5.41, 5.74) is 4.37. The Labute approximate surface area is 110 Å². The lowest BCUT2D eigenvalue weighted by atomic mass is 9.86. The van der Waals surface area contributed by atoms with Crippen LogP contribution in [0.1, 0.15) is 38.7 Å². The highest BCUT2D eigenvalue weighted by atomic mass is 19.4. The Balaban J connectivity index is 2.38. The summed E-state index contributed by atoms with van der Waals surface area (Å²) in [7, 11) is 0. The summed E-state index contributed by atoms with van der Waals surface area (Å²) in [5, 5.41) is 11.1. The Morgan fingerprint density at radius 2 is 2.00 bits per heavy atom. The van der Waals surface area contributed by atoms with Crippen molar-refractivity contribution in [2.45, 2.75) is 45.8 Å². The van der Waals surface area contributed by atoms with Gasteiger partial charge in [0.1, 0.15) is 0 Å². The minimum absolute atomic E-state index is 0.131. The predicted molar refractivity (Wildman–Crippen MR) is 66.8 cm³/mol. The normalized spacial score (nSPS) is 12.7. The molecule has 0 aliphatic carbocycles. The van der Waals surface area contributed by atoms with Gasteiger partial charge >= 0.3 is 6.18 Å². The van der Waals surface area contributed by atoms with Crippen LogP contribution in [0.3, 0.4) is 0 Å². The van der Waals surface area contributed by atoms with Gasteiger partial charge < -0.3 is 5.73 Å². The fourth-order valence-electron chi connectivity index (χ4n) is 1.61. The van der Waals surface area contributed by atoms with Gasteiger partial charge in [0, 0.05) is 18.2 Å². The van der Waals surface area contributed by atoms with E-state index in [-0.39, 0.29) is 11.3 Å². The van der Waals surface area contributed by atoms with Crippen LogP contribution in [-0.4, -0.2) is 15.6 Å². The van der Waals surface area contributed by atoms with E-state index >= 15 is 0 Å². The van der Waals surface area contributed by atoms with Crippen molar-refractivity contribution < 1.29 is 13.2 Å². The van der Waals surface area contributed by atoms with Crippen molar-refractivity contribution in [2.24, 2.45) is 11.1 Å². The van der Waals surface area contributed by atoms with Crippen LogP contribution < -0.4 is 5.73 Å². The zero-order valence-corrected chi connectivity index (χ0v) is 11.1. The Morgan fingerprint density at radius 1 is 1.37 bits per heavy atom. The summed E-state index contributed by atoms with van der Waals surface area (Å²) in [6.45, 7) is 4.19. The van der Waals surface area contributed by atoms with Crippen LogP contribution in [0.5, 0.6) is 0 Å². The number of unbranched alkanes of at least 4 members (excludes halogenated alkanes) is 1. The smallest absolute Gasteiger partial charge is 0.387 e. The Bertz CT molecular complexity index is 434. The average Bonchev–Trinajstić information content (AvgIpc) is 2.72. The molecule has 0 fully saturated rings. The predicted octanol–water partition coefficient (Wildman–Crippen LogP) is 3.03. The maximum atomic E-state index is 12.3. The van der Waals surface area contributed by atoms with E-state index in [4.69, 9.17) is 11.1 Å². The molecule has 0 saturated carbocycles. The van der Waals surface area contributed by atoms with E-state index in [0.29, 0.717) is 13.0 Å². The number of alkyl halides is 3. The number of hydrogen-bond donors (Lipinski definition) is 2. The second-order valence-electron chi connectivity index (χ2n) is 5.24. The van der Waals surface area contributed by atoms with E-state index < -0.39 is 11.7 Å². The first-order valence-corrected chi connectivity index (χ1v) is 6.07. The zero-order valence-electron chi connectivity index (χ0n) is 11.1. The minimum Gasteiger partial charge on any atom is -0.387 e. The lowest BCUT2D eigenvalue weighted by Crippen LogP contribution is -2.30. The summed E-state index contributed by atoms with van der Waals surface area (Å²) >= 11 is 0. The average molecular weight is 276 g/mol. The van der Waals surface area contributed by atoms with Gasteiger partial charge in [-0.25, -0.2) is 0 Å². The monoisotopic (exact) mass is 276 g/mol. The highest BCUT2D eigenvalue weighted by Gasteiger charge is 2.32. The van der Waals surface area contributed by atoms with Crippen LogP contribution in [-0.2, 0) is 12.7 Å². The SMILES string of the molecule is CC(C)(CCCCn1cc(C(F)(F)F)cn1)C(=N)N. The van der Waals surface area contributed by atoms with Crippen LogP contribution in [0.4, 0.5) is 13.2 Å². The van der Waals surface area contributed by atoms with E-state index in [2.05, 4.69) is 5.10 Å². The number of halogens is 3. The van der Waals surface area contributed by atoms with E-state index in [9.17, 15) is 13.2 Å². The number of aromatic nitrogens is 2. The van der Waals surface area contributed by atoms with Crippen LogP contribution in [0, 0.1) is 10.8 Å². The summed E-state index contributed by atoms with van der Waals surface area (Å²) in [5.74, 6) is 0.131. The van der Waals surface area contributed by atoms with Crippen LogP contribution in [0.2, 0.25) is 0 Å². The topological polar surface area (TPSA) is 67.7 Å². The number of amidine groups is 1. The molecule has 0 amide bonds. The molecule has 0 spiro atoms. The standard InChI is InChI=1S/C12H19F3N4/c1-11(2,10(16)17)5-3-4-6-19-8-9(7-18-19)12(13,14)15/h7-8H,3-6H2,1-2H3,(H3,16,17). The first kappa shape index (κ1) is 15.5. The lowest BCUT2D eigenvalue weighted by molar-refractivity contribution is -0.137. The van der Waals surface area contributed by atoms with Crippen molar-refractivity contribution in [3.8, 4) is 0 Å². The fraction of sp³-hybridized carbons (Fsp3) is 0.667. The van der Waals surface area contributed by atoms with Crippen LogP contribution in [0.25, 0.3) is 0 Å². The summed E-state index contributed by atoms with van der Waals surface area (Å²) in [6, 6.07) is 0. The van der Waals surface area contributed by atoms with Crippen molar-refractivity contribution in [3.05, 3.63) is 18.0 Å². The van der Waals surface area contributed by atoms with Gasteiger partial charge in [-0.1, -0.05) is 20.3 Å². The van der Waals surface area contributed by atoms with Gasteiger partial charge in [-0.2, -0.15) is 18.3 Å². The first-order valence-electron chi connectivity index (χ1n) is 6.07. The summed E-state index contributed by atoms with van der Waals surface area (Å²) in [4.78, 5) is 0. The van der Waals surface area contributed by atoms with Gasteiger partial charge in [0.2, 0.25) is 0 Å². The van der Waals surface area contributed by atoms with Gasteiger partial charge in [-0.15, -0.1) is 0 Å². The third kappa shape index (κ3) is 4.57. The Hall–Kier alpha value is -1.53. The second kappa shape index (κ2) is 5.63. The van der Waals surface area contributed by atoms with Gasteiger partial charge in [-0.05, 0) is 12.8 Å². The molecular weight excluding hydrogens is 257 g/mol. The molecule has 1 aromatic heterocycles. The molecule has 0 aliphatic heterocycles. The molecule has 0 bridgehead atoms. The molecule has 19 heavy (non-hydrogen) atoms. The number of nitrogens with one attached hydrogen (secondary N) is 1. The van der Waals surface area contributed by atoms with Crippen LogP contribution in [0.15, 0.2) is 12.4 Å². The summed E-state index contributed by atoms with van der Waals surface area (Å²) < 4.78 is 38.3. The van der Waals surface area contributed by atoms with Crippen molar-refractivity contribution >= 4 is 5.84 Å².